The second-order valence-corrected chi connectivity index (χ2v) is 9.18. The van der Waals surface area contributed by atoms with E-state index in [-0.39, 0.29) is 17.4 Å². The molecule has 0 radical (unpaired) electrons. The first-order chi connectivity index (χ1) is 17.2. The number of rotatable bonds is 11. The fourth-order valence-corrected chi connectivity index (χ4v) is 4.26. The van der Waals surface area contributed by atoms with E-state index in [1.165, 1.54) is 12.0 Å². The number of ether oxygens (including phenoxy) is 3. The Kier molecular flexibility index (Phi) is 8.98. The van der Waals surface area contributed by atoms with E-state index in [2.05, 4.69) is 0 Å². The van der Waals surface area contributed by atoms with Gasteiger partial charge in [-0.3, -0.25) is 9.59 Å². The number of aliphatic hydroxyl groups excluding tert-OH is 1. The Labute approximate surface area is 213 Å². The van der Waals surface area contributed by atoms with Crippen LogP contribution >= 0.6 is 0 Å². The molecule has 2 aromatic rings. The molecule has 1 aliphatic rings. The van der Waals surface area contributed by atoms with Crippen LogP contribution in [0.1, 0.15) is 44.4 Å². The van der Waals surface area contributed by atoms with Gasteiger partial charge in [0.2, 0.25) is 0 Å². The van der Waals surface area contributed by atoms with Gasteiger partial charge >= 0.3 is 0 Å². The number of methoxy groups -OCH3 is 1. The first-order valence-corrected chi connectivity index (χ1v) is 12.2. The summed E-state index contributed by atoms with van der Waals surface area (Å²) in [5.74, 6) is 0.138. The van der Waals surface area contributed by atoms with Gasteiger partial charge in [0.1, 0.15) is 11.5 Å². The standard InChI is InChI=1S/C28H36N2O6/c1-7-35-22-14-11-20(17-23(22)34-6)25-24(27(32)28(33)30(25)16-8-15-29(4)5)26(31)19-9-12-21(13-10-19)36-18(2)3/h9-14,17-18,25,31H,7-8,15-16H2,1-6H3/b26-24+/t25-/m0/s1. The van der Waals surface area contributed by atoms with Gasteiger partial charge in [0.05, 0.1) is 31.4 Å². The van der Waals surface area contributed by atoms with Gasteiger partial charge in [-0.2, -0.15) is 0 Å². The Morgan fingerprint density at radius 1 is 1.08 bits per heavy atom. The molecule has 0 unspecified atom stereocenters. The first kappa shape index (κ1) is 27.1. The van der Waals surface area contributed by atoms with Crippen LogP contribution in [0, 0.1) is 0 Å². The molecule has 194 valence electrons. The van der Waals surface area contributed by atoms with Crippen LogP contribution in [0.2, 0.25) is 0 Å². The second kappa shape index (κ2) is 11.9. The Hall–Kier alpha value is -3.52. The molecule has 1 saturated heterocycles. The number of ketones is 1. The van der Waals surface area contributed by atoms with Crippen LogP contribution in [0.15, 0.2) is 48.0 Å². The number of Topliss-reactive ketones (excluding diaryl/α,β-unsaturated/α-hetero) is 1. The highest BCUT2D eigenvalue weighted by molar-refractivity contribution is 6.46. The predicted octanol–water partition coefficient (Wildman–Crippen LogP) is 4.25. The lowest BCUT2D eigenvalue weighted by Gasteiger charge is -2.26. The van der Waals surface area contributed by atoms with Gasteiger partial charge in [-0.15, -0.1) is 0 Å². The fourth-order valence-electron chi connectivity index (χ4n) is 4.26. The minimum atomic E-state index is -0.761. The van der Waals surface area contributed by atoms with Crippen LogP contribution in [-0.4, -0.2) is 73.6 Å². The molecule has 1 amide bonds. The average molecular weight is 497 g/mol. The Balaban J connectivity index is 2.09. The van der Waals surface area contributed by atoms with Crippen LogP contribution in [0.3, 0.4) is 0 Å². The lowest BCUT2D eigenvalue weighted by molar-refractivity contribution is -0.139. The van der Waals surface area contributed by atoms with Gasteiger partial charge in [-0.05, 0) is 89.8 Å². The number of carbonyl (C=O) groups is 2. The highest BCUT2D eigenvalue weighted by Crippen LogP contribution is 2.42. The first-order valence-electron chi connectivity index (χ1n) is 12.2. The van der Waals surface area contributed by atoms with Gasteiger partial charge in [-0.1, -0.05) is 6.07 Å². The molecular weight excluding hydrogens is 460 g/mol. The van der Waals surface area contributed by atoms with Gasteiger partial charge in [0, 0.05) is 12.1 Å². The average Bonchev–Trinajstić information content (AvgIpc) is 3.09. The van der Waals surface area contributed by atoms with Gasteiger partial charge < -0.3 is 29.1 Å². The largest absolute Gasteiger partial charge is 0.507 e. The van der Waals surface area contributed by atoms with E-state index in [0.29, 0.717) is 47.9 Å². The molecule has 8 heteroatoms. The maximum atomic E-state index is 13.2. The number of hydrogen-bond donors (Lipinski definition) is 1. The smallest absolute Gasteiger partial charge is 0.295 e. The van der Waals surface area contributed by atoms with Crippen LogP contribution in [-0.2, 0) is 9.59 Å². The molecule has 8 nitrogen and oxygen atoms in total. The second-order valence-electron chi connectivity index (χ2n) is 9.18. The van der Waals surface area contributed by atoms with Crippen molar-refractivity contribution < 1.29 is 28.9 Å². The molecule has 0 spiro atoms. The molecular formula is C28H36N2O6. The molecule has 1 heterocycles. The van der Waals surface area contributed by atoms with Crippen molar-refractivity contribution in [1.82, 2.24) is 9.80 Å². The van der Waals surface area contributed by atoms with Gasteiger partial charge in [0.15, 0.2) is 11.5 Å². The van der Waals surface area contributed by atoms with E-state index in [4.69, 9.17) is 14.2 Å². The summed E-state index contributed by atoms with van der Waals surface area (Å²) < 4.78 is 16.8. The van der Waals surface area contributed by atoms with Crippen LogP contribution in [0.25, 0.3) is 5.76 Å². The molecule has 0 aliphatic carbocycles. The minimum Gasteiger partial charge on any atom is -0.507 e. The van der Waals surface area contributed by atoms with E-state index in [1.54, 1.807) is 42.5 Å². The van der Waals surface area contributed by atoms with Gasteiger partial charge in [-0.25, -0.2) is 0 Å². The molecule has 0 aromatic heterocycles. The zero-order chi connectivity index (χ0) is 26.4. The number of carbonyl (C=O) groups excluding carboxylic acids is 2. The van der Waals surface area contributed by atoms with Crippen molar-refractivity contribution in [2.24, 2.45) is 0 Å². The van der Waals surface area contributed by atoms with E-state index in [0.717, 1.165) is 6.54 Å². The van der Waals surface area contributed by atoms with Gasteiger partial charge in [0.25, 0.3) is 11.7 Å². The minimum absolute atomic E-state index is 0.00609. The zero-order valence-electron chi connectivity index (χ0n) is 21.9. The van der Waals surface area contributed by atoms with E-state index in [1.807, 2.05) is 39.8 Å². The summed E-state index contributed by atoms with van der Waals surface area (Å²) >= 11 is 0. The highest BCUT2D eigenvalue weighted by Gasteiger charge is 2.46. The predicted molar refractivity (Wildman–Crippen MR) is 139 cm³/mol. The maximum Gasteiger partial charge on any atom is 0.295 e. The van der Waals surface area contributed by atoms with Crippen molar-refractivity contribution in [3.63, 3.8) is 0 Å². The summed E-state index contributed by atoms with van der Waals surface area (Å²) in [5, 5.41) is 11.3. The summed E-state index contributed by atoms with van der Waals surface area (Å²) in [7, 11) is 5.45. The van der Waals surface area contributed by atoms with Crippen LogP contribution < -0.4 is 14.2 Å². The molecule has 1 fully saturated rings. The number of benzene rings is 2. The molecule has 3 rings (SSSR count). The molecule has 0 saturated carbocycles. The zero-order valence-corrected chi connectivity index (χ0v) is 21.9. The number of aliphatic hydroxyl groups is 1. The molecule has 1 N–H and O–H groups in total. The van der Waals surface area contributed by atoms with E-state index >= 15 is 0 Å². The summed E-state index contributed by atoms with van der Waals surface area (Å²) in [6.07, 6.45) is 0.679. The topological polar surface area (TPSA) is 88.5 Å². The van der Waals surface area contributed by atoms with Crippen LogP contribution in [0.5, 0.6) is 17.2 Å². The summed E-state index contributed by atoms with van der Waals surface area (Å²) in [5.41, 5.74) is 1.13. The van der Waals surface area contributed by atoms with Crippen molar-refractivity contribution in [3.8, 4) is 17.2 Å². The van der Waals surface area contributed by atoms with E-state index < -0.39 is 17.7 Å². The number of nitrogens with zero attached hydrogens (tertiary/aromatic N) is 2. The third-order valence-electron chi connectivity index (χ3n) is 5.85. The van der Waals surface area contributed by atoms with Crippen molar-refractivity contribution in [2.45, 2.75) is 39.3 Å². The van der Waals surface area contributed by atoms with Crippen LogP contribution in [0.4, 0.5) is 0 Å². The number of likely N-dealkylation sites (tertiary alicyclic amines) is 1. The van der Waals surface area contributed by atoms with E-state index in [9.17, 15) is 14.7 Å². The lowest BCUT2D eigenvalue weighted by atomic mass is 9.95. The highest BCUT2D eigenvalue weighted by atomic mass is 16.5. The molecule has 1 atom stereocenters. The van der Waals surface area contributed by atoms with Crippen molar-refractivity contribution in [1.29, 1.82) is 0 Å². The van der Waals surface area contributed by atoms with Crippen molar-refractivity contribution in [3.05, 3.63) is 59.2 Å². The SMILES string of the molecule is CCOc1ccc([C@H]2/C(=C(\O)c3ccc(OC(C)C)cc3)C(=O)C(=O)N2CCCN(C)C)cc1OC. The third kappa shape index (κ3) is 5.99. The summed E-state index contributed by atoms with van der Waals surface area (Å²) in [4.78, 5) is 29.9. The quantitative estimate of drug-likeness (QED) is 0.283. The molecule has 2 aromatic carbocycles. The molecule has 0 bridgehead atoms. The fraction of sp³-hybridized carbons (Fsp3) is 0.429. The summed E-state index contributed by atoms with van der Waals surface area (Å²) in [6, 6.07) is 11.4. The Morgan fingerprint density at radius 3 is 2.36 bits per heavy atom. The monoisotopic (exact) mass is 496 g/mol. The normalized spacial score (nSPS) is 17.2. The van der Waals surface area contributed by atoms with Crippen molar-refractivity contribution in [2.75, 3.05) is 40.9 Å². The summed E-state index contributed by atoms with van der Waals surface area (Å²) in [6.45, 7) is 7.31. The molecule has 1 aliphatic heterocycles. The Morgan fingerprint density at radius 2 is 1.78 bits per heavy atom. The lowest BCUT2D eigenvalue weighted by Crippen LogP contribution is -2.32. The maximum absolute atomic E-state index is 13.2. The number of hydrogen-bond acceptors (Lipinski definition) is 7. The Bertz CT molecular complexity index is 1110. The third-order valence-corrected chi connectivity index (χ3v) is 5.85. The molecule has 36 heavy (non-hydrogen) atoms. The van der Waals surface area contributed by atoms with Crippen molar-refractivity contribution >= 4 is 17.4 Å². The number of amides is 1.